The summed E-state index contributed by atoms with van der Waals surface area (Å²) in [5, 5.41) is 7.67. The normalized spacial score (nSPS) is 14.5. The second kappa shape index (κ2) is 10.9. The summed E-state index contributed by atoms with van der Waals surface area (Å²) in [6, 6.07) is 23.4. The number of piperidine rings is 1. The summed E-state index contributed by atoms with van der Waals surface area (Å²) in [5.41, 5.74) is 9.50. The summed E-state index contributed by atoms with van der Waals surface area (Å²) in [6.45, 7) is 9.11. The first-order valence-corrected chi connectivity index (χ1v) is 14.6. The third-order valence-corrected chi connectivity index (χ3v) is 8.48. The number of likely N-dealkylation sites (tertiary alicyclic amines) is 1. The molecule has 0 radical (unpaired) electrons. The standard InChI is InChI=1S/C34H34N8/c1-22-9-14-29(36-23(22)2)33-38-32(39-40-33)28-15-18-41(19-16-28)21-25-10-12-27(13-11-25)31-30(26-7-5-4-6-8-26)34-35-17-20-42(34)24(3)37-31/h4-14,17,20,28H,15-16,18-19,21H2,1-3H3,(H,38,39,40). The van der Waals surface area contributed by atoms with Gasteiger partial charge < -0.3 is 0 Å². The van der Waals surface area contributed by atoms with Crippen LogP contribution in [0, 0.1) is 20.8 Å². The highest BCUT2D eigenvalue weighted by Crippen LogP contribution is 2.34. The van der Waals surface area contributed by atoms with Crippen LogP contribution in [-0.2, 0) is 6.54 Å². The van der Waals surface area contributed by atoms with Crippen molar-refractivity contribution in [3.63, 3.8) is 0 Å². The number of aromatic nitrogens is 7. The van der Waals surface area contributed by atoms with Crippen LogP contribution in [0.4, 0.5) is 0 Å². The Morgan fingerprint density at radius 1 is 0.833 bits per heavy atom. The van der Waals surface area contributed by atoms with Gasteiger partial charge in [-0.25, -0.2) is 19.9 Å². The molecule has 0 amide bonds. The molecule has 0 unspecified atom stereocenters. The summed E-state index contributed by atoms with van der Waals surface area (Å²) in [7, 11) is 0. The molecule has 6 aromatic rings. The minimum Gasteiger partial charge on any atom is -0.299 e. The predicted octanol–water partition coefficient (Wildman–Crippen LogP) is 6.55. The molecule has 5 heterocycles. The smallest absolute Gasteiger partial charge is 0.199 e. The summed E-state index contributed by atoms with van der Waals surface area (Å²) in [6.07, 6.45) is 5.93. The average Bonchev–Trinajstić information content (AvgIpc) is 3.71. The number of aryl methyl sites for hydroxylation is 3. The second-order valence-electron chi connectivity index (χ2n) is 11.3. The van der Waals surface area contributed by atoms with E-state index in [2.05, 4.69) is 86.0 Å². The first kappa shape index (κ1) is 26.2. The monoisotopic (exact) mass is 554 g/mol. The van der Waals surface area contributed by atoms with Gasteiger partial charge in [0.2, 0.25) is 0 Å². The van der Waals surface area contributed by atoms with E-state index < -0.39 is 0 Å². The van der Waals surface area contributed by atoms with Crippen molar-refractivity contribution in [2.45, 2.75) is 46.1 Å². The Kier molecular flexibility index (Phi) is 6.83. The van der Waals surface area contributed by atoms with Crippen molar-refractivity contribution < 1.29 is 0 Å². The van der Waals surface area contributed by atoms with Gasteiger partial charge in [0.1, 0.15) is 23.0 Å². The molecule has 0 saturated carbocycles. The molecule has 1 fully saturated rings. The van der Waals surface area contributed by atoms with Crippen molar-refractivity contribution >= 4 is 5.65 Å². The van der Waals surface area contributed by atoms with Crippen molar-refractivity contribution in [3.05, 3.63) is 108 Å². The van der Waals surface area contributed by atoms with Crippen LogP contribution in [-0.4, -0.2) is 52.5 Å². The lowest BCUT2D eigenvalue weighted by Gasteiger charge is -2.31. The van der Waals surface area contributed by atoms with Gasteiger partial charge in [0.25, 0.3) is 0 Å². The first-order chi connectivity index (χ1) is 20.5. The molecule has 0 atom stereocenters. The molecule has 1 saturated heterocycles. The van der Waals surface area contributed by atoms with Gasteiger partial charge in [0.15, 0.2) is 5.82 Å². The number of aromatic amines is 1. The van der Waals surface area contributed by atoms with E-state index in [1.165, 1.54) is 11.1 Å². The molecule has 8 heteroatoms. The molecular formula is C34H34N8. The van der Waals surface area contributed by atoms with Crippen molar-refractivity contribution in [1.82, 2.24) is 39.4 Å². The summed E-state index contributed by atoms with van der Waals surface area (Å²) >= 11 is 0. The SMILES string of the molecule is Cc1ccc(-c2n[nH]c(C3CCN(Cc4ccc(-c5nc(C)n6ccnc6c5-c5ccccc5)cc4)CC3)n2)nc1C. The van der Waals surface area contributed by atoms with Crippen LogP contribution in [0.3, 0.4) is 0 Å². The van der Waals surface area contributed by atoms with Gasteiger partial charge in [0, 0.05) is 36.1 Å². The zero-order chi connectivity index (χ0) is 28.6. The van der Waals surface area contributed by atoms with E-state index >= 15 is 0 Å². The third kappa shape index (κ3) is 4.99. The topological polar surface area (TPSA) is 87.9 Å². The van der Waals surface area contributed by atoms with Crippen molar-refractivity contribution in [3.8, 4) is 33.9 Å². The first-order valence-electron chi connectivity index (χ1n) is 14.6. The van der Waals surface area contributed by atoms with E-state index in [-0.39, 0.29) is 0 Å². The molecule has 1 aliphatic heterocycles. The highest BCUT2D eigenvalue weighted by molar-refractivity contribution is 5.90. The van der Waals surface area contributed by atoms with Gasteiger partial charge in [-0.1, -0.05) is 60.7 Å². The molecule has 8 nitrogen and oxygen atoms in total. The fourth-order valence-corrected chi connectivity index (χ4v) is 5.92. The zero-order valence-corrected chi connectivity index (χ0v) is 24.2. The quantitative estimate of drug-likeness (QED) is 0.251. The number of pyridine rings is 1. The minimum absolute atomic E-state index is 0.389. The van der Waals surface area contributed by atoms with Crippen LogP contribution in [0.1, 0.15) is 47.2 Å². The van der Waals surface area contributed by atoms with Crippen molar-refractivity contribution in [2.24, 2.45) is 0 Å². The van der Waals surface area contributed by atoms with Crippen LogP contribution < -0.4 is 0 Å². The summed E-state index contributed by atoms with van der Waals surface area (Å²) < 4.78 is 2.06. The highest BCUT2D eigenvalue weighted by atomic mass is 15.2. The van der Waals surface area contributed by atoms with Crippen LogP contribution >= 0.6 is 0 Å². The lowest BCUT2D eigenvalue weighted by molar-refractivity contribution is 0.202. The van der Waals surface area contributed by atoms with Gasteiger partial charge in [-0.05, 0) is 69.5 Å². The maximum Gasteiger partial charge on any atom is 0.199 e. The Balaban J connectivity index is 1.04. The highest BCUT2D eigenvalue weighted by Gasteiger charge is 2.24. The Hall–Kier alpha value is -4.69. The molecule has 2 aromatic carbocycles. The summed E-state index contributed by atoms with van der Waals surface area (Å²) in [4.78, 5) is 21.7. The van der Waals surface area contributed by atoms with Gasteiger partial charge in [-0.2, -0.15) is 5.10 Å². The number of nitrogens with zero attached hydrogens (tertiary/aromatic N) is 7. The minimum atomic E-state index is 0.389. The fourth-order valence-electron chi connectivity index (χ4n) is 5.92. The van der Waals surface area contributed by atoms with Gasteiger partial charge in [-0.3, -0.25) is 14.4 Å². The number of hydrogen-bond acceptors (Lipinski definition) is 6. The fraction of sp³-hybridized carbons (Fsp3) is 0.265. The molecule has 0 bridgehead atoms. The van der Waals surface area contributed by atoms with E-state index in [4.69, 9.17) is 15.0 Å². The predicted molar refractivity (Wildman–Crippen MR) is 165 cm³/mol. The molecule has 1 aliphatic rings. The number of rotatable bonds is 6. The largest absolute Gasteiger partial charge is 0.299 e. The molecule has 210 valence electrons. The zero-order valence-electron chi connectivity index (χ0n) is 24.2. The van der Waals surface area contributed by atoms with Gasteiger partial charge >= 0.3 is 0 Å². The Morgan fingerprint density at radius 2 is 1.62 bits per heavy atom. The van der Waals surface area contributed by atoms with E-state index in [0.717, 1.165) is 83.5 Å². The molecule has 42 heavy (non-hydrogen) atoms. The Labute approximate surface area is 245 Å². The van der Waals surface area contributed by atoms with Gasteiger partial charge in [0.05, 0.1) is 11.3 Å². The molecule has 0 spiro atoms. The van der Waals surface area contributed by atoms with E-state index in [1.807, 2.05) is 38.4 Å². The molecule has 7 rings (SSSR count). The Morgan fingerprint density at radius 3 is 2.38 bits per heavy atom. The molecular weight excluding hydrogens is 520 g/mol. The molecule has 4 aromatic heterocycles. The number of nitrogens with one attached hydrogen (secondary N) is 1. The van der Waals surface area contributed by atoms with Crippen molar-refractivity contribution in [2.75, 3.05) is 13.1 Å². The van der Waals surface area contributed by atoms with E-state index in [1.54, 1.807) is 0 Å². The maximum atomic E-state index is 5.03. The average molecular weight is 555 g/mol. The van der Waals surface area contributed by atoms with Gasteiger partial charge in [-0.15, -0.1) is 0 Å². The summed E-state index contributed by atoms with van der Waals surface area (Å²) in [5.74, 6) is 2.97. The van der Waals surface area contributed by atoms with Crippen molar-refractivity contribution in [1.29, 1.82) is 0 Å². The number of imidazole rings is 1. The molecule has 1 N–H and O–H groups in total. The van der Waals surface area contributed by atoms with Crippen LogP contribution in [0.2, 0.25) is 0 Å². The lowest BCUT2D eigenvalue weighted by Crippen LogP contribution is -2.32. The second-order valence-corrected chi connectivity index (χ2v) is 11.3. The van der Waals surface area contributed by atoms with Crippen LogP contribution in [0.15, 0.2) is 79.1 Å². The Bertz CT molecular complexity index is 1840. The number of H-pyrrole nitrogens is 1. The van der Waals surface area contributed by atoms with E-state index in [9.17, 15) is 0 Å². The number of hydrogen-bond donors (Lipinski definition) is 1. The molecule has 0 aliphatic carbocycles. The van der Waals surface area contributed by atoms with Crippen LogP contribution in [0.5, 0.6) is 0 Å². The third-order valence-electron chi connectivity index (χ3n) is 8.48. The van der Waals surface area contributed by atoms with Crippen LogP contribution in [0.25, 0.3) is 39.5 Å². The number of benzene rings is 2. The maximum absolute atomic E-state index is 5.03. The lowest BCUT2D eigenvalue weighted by atomic mass is 9.95. The van der Waals surface area contributed by atoms with E-state index in [0.29, 0.717) is 11.7 Å². The number of fused-ring (bicyclic) bond motifs is 1.